The molecular formula is C12H20N2O2S2. The monoisotopic (exact) mass is 288 g/mol. The van der Waals surface area contributed by atoms with Gasteiger partial charge in [0, 0.05) is 18.3 Å². The number of hydrogen-bond donors (Lipinski definition) is 2. The van der Waals surface area contributed by atoms with Crippen molar-refractivity contribution in [3.8, 4) is 0 Å². The van der Waals surface area contributed by atoms with E-state index in [-0.39, 0.29) is 5.25 Å². The Bertz CT molecular complexity index is 475. The minimum absolute atomic E-state index is 0.264. The summed E-state index contributed by atoms with van der Waals surface area (Å²) in [6, 6.07) is 6.98. The van der Waals surface area contributed by atoms with Gasteiger partial charge in [-0.3, -0.25) is 0 Å². The highest BCUT2D eigenvalue weighted by molar-refractivity contribution is 7.99. The Labute approximate surface area is 114 Å². The summed E-state index contributed by atoms with van der Waals surface area (Å²) in [6.07, 6.45) is 1.96. The average molecular weight is 288 g/mol. The maximum Gasteiger partial charge on any atom is 0.240 e. The minimum Gasteiger partial charge on any atom is -0.316 e. The van der Waals surface area contributed by atoms with Crippen molar-refractivity contribution in [3.05, 3.63) is 29.8 Å². The van der Waals surface area contributed by atoms with E-state index in [1.54, 1.807) is 30.0 Å². The lowest BCUT2D eigenvalue weighted by Gasteiger charge is -2.11. The van der Waals surface area contributed by atoms with Gasteiger partial charge in [0.2, 0.25) is 10.0 Å². The summed E-state index contributed by atoms with van der Waals surface area (Å²) in [4.78, 5) is 0.323. The summed E-state index contributed by atoms with van der Waals surface area (Å²) >= 11 is 1.63. The summed E-state index contributed by atoms with van der Waals surface area (Å²) in [6.45, 7) is 3.09. The normalized spacial score (nSPS) is 13.5. The Morgan fingerprint density at radius 2 is 2.11 bits per heavy atom. The van der Waals surface area contributed by atoms with E-state index in [4.69, 9.17) is 0 Å². The Morgan fingerprint density at radius 3 is 2.72 bits per heavy atom. The summed E-state index contributed by atoms with van der Waals surface area (Å²) in [5, 5.41) is 3.27. The van der Waals surface area contributed by atoms with E-state index in [1.165, 1.54) is 0 Å². The molecule has 0 aliphatic heterocycles. The first-order valence-electron chi connectivity index (χ1n) is 5.75. The highest BCUT2D eigenvalue weighted by atomic mass is 32.2. The second-order valence-corrected chi connectivity index (χ2v) is 7.12. The van der Waals surface area contributed by atoms with Gasteiger partial charge in [0.05, 0.1) is 4.90 Å². The molecule has 0 bridgehead atoms. The fraction of sp³-hybridized carbons (Fsp3) is 0.500. The van der Waals surface area contributed by atoms with Crippen LogP contribution in [0.5, 0.6) is 0 Å². The van der Waals surface area contributed by atoms with Crippen LogP contribution in [0.4, 0.5) is 0 Å². The molecule has 0 amide bonds. The molecule has 0 aromatic heterocycles. The van der Waals surface area contributed by atoms with Crippen molar-refractivity contribution < 1.29 is 8.42 Å². The first kappa shape index (κ1) is 15.5. The molecule has 0 saturated heterocycles. The van der Waals surface area contributed by atoms with E-state index in [9.17, 15) is 8.42 Å². The van der Waals surface area contributed by atoms with E-state index in [0.717, 1.165) is 5.56 Å². The zero-order chi connectivity index (χ0) is 13.6. The Morgan fingerprint density at radius 1 is 1.39 bits per heavy atom. The van der Waals surface area contributed by atoms with Gasteiger partial charge in [-0.2, -0.15) is 11.8 Å². The molecule has 0 fully saturated rings. The van der Waals surface area contributed by atoms with Gasteiger partial charge < -0.3 is 5.32 Å². The molecule has 0 spiro atoms. The Kier molecular flexibility index (Phi) is 6.14. The summed E-state index contributed by atoms with van der Waals surface area (Å²) < 4.78 is 26.8. The standard InChI is InChI=1S/C12H20N2O2S2/c1-10(17-3)8-14-18(15,16)12-6-4-5-11(7-12)9-13-2/h4-7,10,13-14H,8-9H2,1-3H3. The van der Waals surface area contributed by atoms with E-state index in [1.807, 2.05) is 26.3 Å². The maximum atomic E-state index is 12.1. The summed E-state index contributed by atoms with van der Waals surface area (Å²) in [7, 11) is -1.56. The number of thioether (sulfide) groups is 1. The van der Waals surface area contributed by atoms with Gasteiger partial charge in [0.25, 0.3) is 0 Å². The number of nitrogens with one attached hydrogen (secondary N) is 2. The van der Waals surface area contributed by atoms with Crippen LogP contribution >= 0.6 is 11.8 Å². The van der Waals surface area contributed by atoms with Crippen LogP contribution in [0, 0.1) is 0 Å². The molecule has 0 radical (unpaired) electrons. The van der Waals surface area contributed by atoms with Gasteiger partial charge in [-0.15, -0.1) is 0 Å². The third-order valence-electron chi connectivity index (χ3n) is 2.55. The van der Waals surface area contributed by atoms with Crippen LogP contribution < -0.4 is 10.0 Å². The predicted octanol–water partition coefficient (Wildman–Crippen LogP) is 1.44. The van der Waals surface area contributed by atoms with Gasteiger partial charge in [0.15, 0.2) is 0 Å². The summed E-state index contributed by atoms with van der Waals surface area (Å²) in [5.74, 6) is 0. The second kappa shape index (κ2) is 7.13. The molecule has 0 aliphatic rings. The van der Waals surface area contributed by atoms with E-state index in [0.29, 0.717) is 18.0 Å². The number of hydrogen-bond acceptors (Lipinski definition) is 4. The fourth-order valence-electron chi connectivity index (χ4n) is 1.42. The topological polar surface area (TPSA) is 58.2 Å². The molecule has 1 unspecified atom stereocenters. The molecule has 1 aromatic carbocycles. The molecule has 18 heavy (non-hydrogen) atoms. The van der Waals surface area contributed by atoms with Crippen LogP contribution in [0.2, 0.25) is 0 Å². The zero-order valence-electron chi connectivity index (χ0n) is 10.9. The molecule has 0 heterocycles. The largest absolute Gasteiger partial charge is 0.316 e. The lowest BCUT2D eigenvalue weighted by molar-refractivity contribution is 0.581. The van der Waals surface area contributed by atoms with Gasteiger partial charge in [-0.05, 0) is 31.0 Å². The highest BCUT2D eigenvalue weighted by Crippen LogP contribution is 2.12. The average Bonchev–Trinajstić information content (AvgIpc) is 2.37. The number of sulfonamides is 1. The quantitative estimate of drug-likeness (QED) is 0.797. The van der Waals surface area contributed by atoms with Crippen LogP contribution in [0.15, 0.2) is 29.2 Å². The molecule has 1 atom stereocenters. The van der Waals surface area contributed by atoms with Crippen LogP contribution in [-0.4, -0.2) is 33.5 Å². The number of rotatable bonds is 7. The predicted molar refractivity (Wildman–Crippen MR) is 77.4 cm³/mol. The highest BCUT2D eigenvalue weighted by Gasteiger charge is 2.15. The molecular weight excluding hydrogens is 268 g/mol. The van der Waals surface area contributed by atoms with Crippen molar-refractivity contribution in [2.45, 2.75) is 23.6 Å². The van der Waals surface area contributed by atoms with Crippen molar-refractivity contribution >= 4 is 21.8 Å². The molecule has 1 aromatic rings. The smallest absolute Gasteiger partial charge is 0.240 e. The van der Waals surface area contributed by atoms with E-state index in [2.05, 4.69) is 10.0 Å². The van der Waals surface area contributed by atoms with Gasteiger partial charge in [-0.1, -0.05) is 19.1 Å². The van der Waals surface area contributed by atoms with Crippen LogP contribution in [-0.2, 0) is 16.6 Å². The first-order valence-corrected chi connectivity index (χ1v) is 8.52. The van der Waals surface area contributed by atoms with Gasteiger partial charge in [-0.25, -0.2) is 13.1 Å². The summed E-state index contributed by atoms with van der Waals surface area (Å²) in [5.41, 5.74) is 0.957. The Balaban J connectivity index is 2.81. The van der Waals surface area contributed by atoms with Crippen molar-refractivity contribution in [2.75, 3.05) is 19.8 Å². The van der Waals surface area contributed by atoms with Crippen LogP contribution in [0.25, 0.3) is 0 Å². The third-order valence-corrected chi connectivity index (χ3v) is 4.95. The van der Waals surface area contributed by atoms with Gasteiger partial charge in [0.1, 0.15) is 0 Å². The number of benzene rings is 1. The van der Waals surface area contributed by atoms with Crippen LogP contribution in [0.1, 0.15) is 12.5 Å². The van der Waals surface area contributed by atoms with Crippen molar-refractivity contribution in [1.29, 1.82) is 0 Å². The third kappa shape index (κ3) is 4.61. The van der Waals surface area contributed by atoms with Crippen LogP contribution in [0.3, 0.4) is 0 Å². The van der Waals surface area contributed by atoms with Crippen molar-refractivity contribution in [3.63, 3.8) is 0 Å². The zero-order valence-corrected chi connectivity index (χ0v) is 12.6. The Hall–Kier alpha value is -0.560. The van der Waals surface area contributed by atoms with Crippen molar-refractivity contribution in [1.82, 2.24) is 10.0 Å². The minimum atomic E-state index is -3.40. The SMILES string of the molecule is CNCc1cccc(S(=O)(=O)NCC(C)SC)c1. The lowest BCUT2D eigenvalue weighted by Crippen LogP contribution is -2.29. The first-order chi connectivity index (χ1) is 8.49. The van der Waals surface area contributed by atoms with Crippen molar-refractivity contribution in [2.24, 2.45) is 0 Å². The molecule has 2 N–H and O–H groups in total. The lowest BCUT2D eigenvalue weighted by atomic mass is 10.2. The molecule has 102 valence electrons. The van der Waals surface area contributed by atoms with E-state index >= 15 is 0 Å². The second-order valence-electron chi connectivity index (χ2n) is 4.08. The fourth-order valence-corrected chi connectivity index (χ4v) is 2.98. The molecule has 0 aliphatic carbocycles. The van der Waals surface area contributed by atoms with Gasteiger partial charge >= 0.3 is 0 Å². The molecule has 0 saturated carbocycles. The maximum absolute atomic E-state index is 12.1. The molecule has 4 nitrogen and oxygen atoms in total. The van der Waals surface area contributed by atoms with E-state index < -0.39 is 10.0 Å². The molecule has 1 rings (SSSR count). The molecule has 6 heteroatoms.